The van der Waals surface area contributed by atoms with E-state index < -0.39 is 11.6 Å². The van der Waals surface area contributed by atoms with Crippen molar-refractivity contribution in [3.05, 3.63) is 17.7 Å². The molecular formula is C13H20F2N4. The Hall–Kier alpha value is -1.43. The average Bonchev–Trinajstić information content (AvgIpc) is 2.55. The van der Waals surface area contributed by atoms with E-state index in [0.717, 1.165) is 32.0 Å². The molecule has 0 radical (unpaired) electrons. The summed E-state index contributed by atoms with van der Waals surface area (Å²) in [5.41, 5.74) is 5.46. The minimum absolute atomic E-state index is 0.166. The Kier molecular flexibility index (Phi) is 4.19. The highest BCUT2D eigenvalue weighted by atomic mass is 19.1. The number of rotatable bonds is 2. The van der Waals surface area contributed by atoms with Crippen LogP contribution < -0.4 is 10.6 Å². The van der Waals surface area contributed by atoms with Crippen molar-refractivity contribution < 1.29 is 8.78 Å². The molecule has 0 spiro atoms. The molecule has 2 rings (SSSR count). The van der Waals surface area contributed by atoms with Gasteiger partial charge in [-0.05, 0) is 26.4 Å². The van der Waals surface area contributed by atoms with Gasteiger partial charge in [-0.2, -0.15) is 0 Å². The molecule has 0 saturated carbocycles. The lowest BCUT2D eigenvalue weighted by atomic mass is 10.2. The summed E-state index contributed by atoms with van der Waals surface area (Å²) in [6.07, 6.45) is 1.80. The summed E-state index contributed by atoms with van der Waals surface area (Å²) >= 11 is 0. The van der Waals surface area contributed by atoms with Gasteiger partial charge < -0.3 is 15.5 Å². The van der Waals surface area contributed by atoms with E-state index in [9.17, 15) is 8.78 Å². The highest BCUT2D eigenvalue weighted by Crippen LogP contribution is 2.25. The Labute approximate surface area is 112 Å². The monoisotopic (exact) mass is 270 g/mol. The Morgan fingerprint density at radius 3 is 2.79 bits per heavy atom. The number of likely N-dealkylation sites (N-methyl/N-ethyl adjacent to an activating group) is 1. The van der Waals surface area contributed by atoms with Crippen molar-refractivity contribution in [1.29, 1.82) is 0 Å². The molecule has 1 aromatic rings. The maximum Gasteiger partial charge on any atom is 0.168 e. The van der Waals surface area contributed by atoms with Crippen LogP contribution in [0.15, 0.2) is 6.07 Å². The highest BCUT2D eigenvalue weighted by Gasteiger charge is 2.26. The summed E-state index contributed by atoms with van der Waals surface area (Å²) in [4.78, 5) is 8.03. The first kappa shape index (κ1) is 14.0. The van der Waals surface area contributed by atoms with Gasteiger partial charge in [-0.3, -0.25) is 0 Å². The van der Waals surface area contributed by atoms with E-state index in [1.807, 2.05) is 4.90 Å². The normalized spacial score (nSPS) is 21.5. The van der Waals surface area contributed by atoms with Gasteiger partial charge in [-0.15, -0.1) is 0 Å². The quantitative estimate of drug-likeness (QED) is 0.891. The van der Waals surface area contributed by atoms with E-state index >= 15 is 0 Å². The van der Waals surface area contributed by atoms with Crippen molar-refractivity contribution in [2.75, 3.05) is 37.3 Å². The first-order chi connectivity index (χ1) is 9.02. The number of halogens is 2. The van der Waals surface area contributed by atoms with Gasteiger partial charge in [0.15, 0.2) is 23.3 Å². The third-order valence-corrected chi connectivity index (χ3v) is 3.58. The van der Waals surface area contributed by atoms with Crippen molar-refractivity contribution in [3.63, 3.8) is 0 Å². The zero-order valence-electron chi connectivity index (χ0n) is 11.4. The molecule has 0 amide bonds. The Balaban J connectivity index is 2.35. The molecule has 19 heavy (non-hydrogen) atoms. The fraction of sp³-hybridized carbons (Fsp3) is 0.615. The van der Waals surface area contributed by atoms with Crippen molar-refractivity contribution in [1.82, 2.24) is 9.88 Å². The summed E-state index contributed by atoms with van der Waals surface area (Å²) in [5.74, 6) is -1.53. The highest BCUT2D eigenvalue weighted by molar-refractivity contribution is 5.48. The number of nitrogens with two attached hydrogens (primary N) is 1. The van der Waals surface area contributed by atoms with Crippen molar-refractivity contribution in [2.24, 2.45) is 0 Å². The number of pyridine rings is 1. The van der Waals surface area contributed by atoms with Crippen LogP contribution in [0.3, 0.4) is 0 Å². The fourth-order valence-electron chi connectivity index (χ4n) is 2.54. The molecule has 2 heterocycles. The SMILES string of the molecule is CCC1CN(C)CCCN1c1nc(N)c(F)cc1F. The molecule has 1 unspecified atom stereocenters. The minimum atomic E-state index is -0.804. The van der Waals surface area contributed by atoms with E-state index in [2.05, 4.69) is 23.9 Å². The molecule has 1 fully saturated rings. The zero-order chi connectivity index (χ0) is 14.0. The molecule has 4 nitrogen and oxygen atoms in total. The standard InChI is InChI=1S/C13H20F2N4/c1-3-9-8-18(2)5-4-6-19(9)13-11(15)7-10(14)12(16)17-13/h7,9H,3-6,8H2,1-2H3,(H2,16,17). The topological polar surface area (TPSA) is 45.4 Å². The van der Waals surface area contributed by atoms with Crippen LogP contribution in [0.1, 0.15) is 19.8 Å². The lowest BCUT2D eigenvalue weighted by Crippen LogP contribution is -2.40. The van der Waals surface area contributed by atoms with Gasteiger partial charge in [0, 0.05) is 25.2 Å². The first-order valence-corrected chi connectivity index (χ1v) is 6.59. The van der Waals surface area contributed by atoms with E-state index in [1.165, 1.54) is 0 Å². The molecule has 1 saturated heterocycles. The summed E-state index contributed by atoms with van der Waals surface area (Å²) in [5, 5.41) is 0. The van der Waals surface area contributed by atoms with Crippen LogP contribution >= 0.6 is 0 Å². The average molecular weight is 270 g/mol. The molecule has 2 N–H and O–H groups in total. The second kappa shape index (κ2) is 5.69. The number of anilines is 2. The number of aromatic nitrogens is 1. The Bertz CT molecular complexity index is 453. The molecule has 0 aliphatic carbocycles. The van der Waals surface area contributed by atoms with E-state index in [-0.39, 0.29) is 17.7 Å². The molecule has 1 atom stereocenters. The van der Waals surface area contributed by atoms with Crippen molar-refractivity contribution in [2.45, 2.75) is 25.8 Å². The summed E-state index contributed by atoms with van der Waals surface area (Å²) in [6, 6.07) is 0.985. The largest absolute Gasteiger partial charge is 0.381 e. The first-order valence-electron chi connectivity index (χ1n) is 6.59. The maximum atomic E-state index is 13.9. The van der Waals surface area contributed by atoms with Crippen LogP contribution in [0.25, 0.3) is 0 Å². The predicted octanol–water partition coefficient (Wildman–Crippen LogP) is 1.86. The Morgan fingerprint density at radius 1 is 1.37 bits per heavy atom. The molecular weight excluding hydrogens is 250 g/mol. The molecule has 1 aromatic heterocycles. The second-order valence-corrected chi connectivity index (χ2v) is 5.03. The van der Waals surface area contributed by atoms with E-state index in [0.29, 0.717) is 6.54 Å². The lowest BCUT2D eigenvalue weighted by Gasteiger charge is -2.31. The Morgan fingerprint density at radius 2 is 2.11 bits per heavy atom. The van der Waals surface area contributed by atoms with Gasteiger partial charge in [0.05, 0.1) is 0 Å². The van der Waals surface area contributed by atoms with Crippen molar-refractivity contribution in [3.8, 4) is 0 Å². The minimum Gasteiger partial charge on any atom is -0.381 e. The summed E-state index contributed by atoms with van der Waals surface area (Å²) in [6.45, 7) is 4.57. The van der Waals surface area contributed by atoms with Crippen LogP contribution in [0.5, 0.6) is 0 Å². The molecule has 1 aliphatic heterocycles. The van der Waals surface area contributed by atoms with Crippen LogP contribution in [0.4, 0.5) is 20.4 Å². The molecule has 6 heteroatoms. The van der Waals surface area contributed by atoms with E-state index in [4.69, 9.17) is 5.73 Å². The lowest BCUT2D eigenvalue weighted by molar-refractivity contribution is 0.327. The van der Waals surface area contributed by atoms with E-state index in [1.54, 1.807) is 0 Å². The second-order valence-electron chi connectivity index (χ2n) is 5.03. The van der Waals surface area contributed by atoms with Crippen LogP contribution in [0.2, 0.25) is 0 Å². The number of hydrogen-bond donors (Lipinski definition) is 1. The molecule has 1 aliphatic rings. The maximum absolute atomic E-state index is 13.9. The molecule has 0 bridgehead atoms. The molecule has 0 aromatic carbocycles. The van der Waals surface area contributed by atoms with Crippen LogP contribution in [0, 0.1) is 11.6 Å². The predicted molar refractivity (Wildman–Crippen MR) is 72.1 cm³/mol. The summed E-state index contributed by atoms with van der Waals surface area (Å²) in [7, 11) is 2.05. The van der Waals surface area contributed by atoms with Gasteiger partial charge in [-0.25, -0.2) is 13.8 Å². The van der Waals surface area contributed by atoms with Gasteiger partial charge >= 0.3 is 0 Å². The summed E-state index contributed by atoms with van der Waals surface area (Å²) < 4.78 is 27.1. The van der Waals surface area contributed by atoms with Crippen LogP contribution in [-0.4, -0.2) is 42.6 Å². The smallest absolute Gasteiger partial charge is 0.168 e. The van der Waals surface area contributed by atoms with Crippen molar-refractivity contribution >= 4 is 11.6 Å². The van der Waals surface area contributed by atoms with Gasteiger partial charge in [0.1, 0.15) is 0 Å². The zero-order valence-corrected chi connectivity index (χ0v) is 11.4. The van der Waals surface area contributed by atoms with Gasteiger partial charge in [-0.1, -0.05) is 6.92 Å². The number of nitrogens with zero attached hydrogens (tertiary/aromatic N) is 3. The van der Waals surface area contributed by atoms with Crippen LogP contribution in [-0.2, 0) is 0 Å². The number of hydrogen-bond acceptors (Lipinski definition) is 4. The number of nitrogen functional groups attached to an aromatic ring is 1. The van der Waals surface area contributed by atoms with Gasteiger partial charge in [0.2, 0.25) is 0 Å². The molecule has 106 valence electrons. The van der Waals surface area contributed by atoms with Gasteiger partial charge in [0.25, 0.3) is 0 Å². The third-order valence-electron chi connectivity index (χ3n) is 3.58. The third kappa shape index (κ3) is 2.94. The fourth-order valence-corrected chi connectivity index (χ4v) is 2.54.